The molecular weight excluding hydrogens is 254 g/mol. The molecule has 1 atom stereocenters. The molecule has 0 radical (unpaired) electrons. The number of thiophene rings is 1. The summed E-state index contributed by atoms with van der Waals surface area (Å²) in [4.78, 5) is 12.3. The molecule has 1 aliphatic rings. The fourth-order valence-electron chi connectivity index (χ4n) is 2.67. The van der Waals surface area contributed by atoms with Crippen LogP contribution in [-0.4, -0.2) is 16.5 Å². The molecule has 19 heavy (non-hydrogen) atoms. The maximum atomic E-state index is 4.50. The summed E-state index contributed by atoms with van der Waals surface area (Å²) in [5.74, 6) is 1.08. The van der Waals surface area contributed by atoms with Crippen LogP contribution in [-0.2, 0) is 0 Å². The average molecular weight is 267 g/mol. The highest BCUT2D eigenvalue weighted by Gasteiger charge is 2.31. The van der Waals surface area contributed by atoms with Crippen LogP contribution in [0.25, 0.3) is 10.2 Å². The molecule has 1 fully saturated rings. The summed E-state index contributed by atoms with van der Waals surface area (Å²) >= 11 is 1.67. The lowest BCUT2D eigenvalue weighted by atomic mass is 9.94. The van der Waals surface area contributed by atoms with Crippen LogP contribution in [0.1, 0.15) is 18.0 Å². The summed E-state index contributed by atoms with van der Waals surface area (Å²) in [5, 5.41) is 3.26. The summed E-state index contributed by atoms with van der Waals surface area (Å²) in [6.45, 7) is 1.07. The number of aromatic nitrogens is 2. The first-order chi connectivity index (χ1) is 9.43. The van der Waals surface area contributed by atoms with Gasteiger partial charge in [0.15, 0.2) is 0 Å². The van der Waals surface area contributed by atoms with Crippen molar-refractivity contribution >= 4 is 27.4 Å². The quantitative estimate of drug-likeness (QED) is 0.709. The van der Waals surface area contributed by atoms with Gasteiger partial charge in [0.1, 0.15) is 17.0 Å². The summed E-state index contributed by atoms with van der Waals surface area (Å²) < 4.78 is 0. The van der Waals surface area contributed by atoms with E-state index in [-0.39, 0.29) is 0 Å². The topological polar surface area (TPSA) is 29.0 Å². The van der Waals surface area contributed by atoms with Gasteiger partial charge in [0, 0.05) is 6.54 Å². The minimum atomic E-state index is 0.458. The molecule has 3 nitrogen and oxygen atoms in total. The van der Waals surface area contributed by atoms with Gasteiger partial charge in [0.25, 0.3) is 0 Å². The normalized spacial score (nSPS) is 18.5. The number of nitrogens with zero attached hydrogens (tertiary/aromatic N) is 3. The highest BCUT2D eigenvalue weighted by molar-refractivity contribution is 7.16. The zero-order valence-electron chi connectivity index (χ0n) is 10.4. The molecule has 0 saturated carbocycles. The molecule has 4 rings (SSSR count). The van der Waals surface area contributed by atoms with Gasteiger partial charge in [0.2, 0.25) is 0 Å². The zero-order valence-corrected chi connectivity index (χ0v) is 11.2. The highest BCUT2D eigenvalue weighted by atomic mass is 32.1. The van der Waals surface area contributed by atoms with Crippen LogP contribution < -0.4 is 4.90 Å². The van der Waals surface area contributed by atoms with E-state index in [0.717, 1.165) is 17.2 Å². The molecule has 1 unspecified atom stereocenters. The minimum Gasteiger partial charge on any atom is -0.349 e. The Balaban J connectivity index is 1.75. The molecule has 0 N–H and O–H groups in total. The molecule has 0 spiro atoms. The number of anilines is 1. The van der Waals surface area contributed by atoms with E-state index >= 15 is 0 Å². The van der Waals surface area contributed by atoms with E-state index < -0.39 is 0 Å². The Morgan fingerprint density at radius 2 is 2.00 bits per heavy atom. The van der Waals surface area contributed by atoms with Crippen LogP contribution >= 0.6 is 11.3 Å². The lowest BCUT2D eigenvalue weighted by Gasteiger charge is -2.42. The van der Waals surface area contributed by atoms with E-state index in [1.165, 1.54) is 17.4 Å². The van der Waals surface area contributed by atoms with Crippen LogP contribution in [0.2, 0.25) is 0 Å². The molecule has 3 aromatic rings. The van der Waals surface area contributed by atoms with Gasteiger partial charge < -0.3 is 4.90 Å². The number of hydrogen-bond acceptors (Lipinski definition) is 4. The predicted molar refractivity (Wildman–Crippen MR) is 78.6 cm³/mol. The fraction of sp³-hybridized carbons (Fsp3) is 0.200. The maximum absolute atomic E-state index is 4.50. The van der Waals surface area contributed by atoms with Gasteiger partial charge in [-0.05, 0) is 23.4 Å². The Kier molecular flexibility index (Phi) is 2.48. The van der Waals surface area contributed by atoms with Crippen molar-refractivity contribution in [3.8, 4) is 0 Å². The second-order valence-corrected chi connectivity index (χ2v) is 5.64. The second kappa shape index (κ2) is 4.31. The van der Waals surface area contributed by atoms with Crippen molar-refractivity contribution in [3.05, 3.63) is 53.7 Å². The minimum absolute atomic E-state index is 0.458. The smallest absolute Gasteiger partial charge is 0.141 e. The standard InChI is InChI=1S/C15H13N3S/c1-2-4-11(5-3-1)13-6-8-18(13)14-12-7-9-19-15(12)17-10-16-14/h1-5,7,9-10,13H,6,8H2. The van der Waals surface area contributed by atoms with Crippen molar-refractivity contribution in [1.29, 1.82) is 0 Å². The number of hydrogen-bond donors (Lipinski definition) is 0. The Morgan fingerprint density at radius 3 is 2.79 bits per heavy atom. The molecule has 0 amide bonds. The molecule has 0 aliphatic carbocycles. The molecular formula is C15H13N3S. The van der Waals surface area contributed by atoms with E-state index in [9.17, 15) is 0 Å². The van der Waals surface area contributed by atoms with Crippen molar-refractivity contribution in [3.63, 3.8) is 0 Å². The van der Waals surface area contributed by atoms with Gasteiger partial charge in [-0.25, -0.2) is 9.97 Å². The largest absolute Gasteiger partial charge is 0.349 e. The van der Waals surface area contributed by atoms with E-state index in [2.05, 4.69) is 56.6 Å². The van der Waals surface area contributed by atoms with Crippen molar-refractivity contribution in [2.45, 2.75) is 12.5 Å². The van der Waals surface area contributed by atoms with Crippen LogP contribution in [0.5, 0.6) is 0 Å². The van der Waals surface area contributed by atoms with Crippen LogP contribution in [0.3, 0.4) is 0 Å². The fourth-order valence-corrected chi connectivity index (χ4v) is 3.40. The molecule has 0 bridgehead atoms. The second-order valence-electron chi connectivity index (χ2n) is 4.75. The van der Waals surface area contributed by atoms with Crippen molar-refractivity contribution < 1.29 is 0 Å². The van der Waals surface area contributed by atoms with Crippen molar-refractivity contribution in [2.75, 3.05) is 11.4 Å². The number of benzene rings is 1. The monoisotopic (exact) mass is 267 g/mol. The molecule has 2 aromatic heterocycles. The number of fused-ring (bicyclic) bond motifs is 1. The van der Waals surface area contributed by atoms with E-state index in [0.29, 0.717) is 6.04 Å². The molecule has 1 aromatic carbocycles. The Hall–Kier alpha value is -1.94. The van der Waals surface area contributed by atoms with Gasteiger partial charge in [-0.2, -0.15) is 0 Å². The first-order valence-corrected chi connectivity index (χ1v) is 7.31. The summed E-state index contributed by atoms with van der Waals surface area (Å²) in [6, 6.07) is 13.2. The van der Waals surface area contributed by atoms with E-state index in [1.54, 1.807) is 17.7 Å². The predicted octanol–water partition coefficient (Wildman–Crippen LogP) is 3.64. The van der Waals surface area contributed by atoms with Crippen LogP contribution in [0.15, 0.2) is 48.1 Å². The maximum Gasteiger partial charge on any atom is 0.141 e. The molecule has 3 heterocycles. The van der Waals surface area contributed by atoms with Crippen molar-refractivity contribution in [2.24, 2.45) is 0 Å². The van der Waals surface area contributed by atoms with E-state index in [4.69, 9.17) is 0 Å². The summed E-state index contributed by atoms with van der Waals surface area (Å²) in [7, 11) is 0. The Labute approximate surface area is 115 Å². The Bertz CT molecular complexity index is 707. The lowest BCUT2D eigenvalue weighted by molar-refractivity contribution is 0.462. The average Bonchev–Trinajstić information content (AvgIpc) is 2.88. The van der Waals surface area contributed by atoms with Gasteiger partial charge in [-0.15, -0.1) is 11.3 Å². The van der Waals surface area contributed by atoms with Gasteiger partial charge in [-0.3, -0.25) is 0 Å². The third-order valence-corrected chi connectivity index (χ3v) is 4.54. The summed E-state index contributed by atoms with van der Waals surface area (Å²) in [5.41, 5.74) is 1.37. The first kappa shape index (κ1) is 10.9. The van der Waals surface area contributed by atoms with Crippen molar-refractivity contribution in [1.82, 2.24) is 9.97 Å². The van der Waals surface area contributed by atoms with E-state index in [1.807, 2.05) is 0 Å². The SMILES string of the molecule is c1ccc(C2CCN2c2ncnc3sccc23)cc1. The lowest BCUT2D eigenvalue weighted by Crippen LogP contribution is -2.41. The molecule has 1 aliphatic heterocycles. The molecule has 94 valence electrons. The molecule has 4 heteroatoms. The van der Waals surface area contributed by atoms with Crippen LogP contribution in [0, 0.1) is 0 Å². The first-order valence-electron chi connectivity index (χ1n) is 6.43. The third-order valence-electron chi connectivity index (χ3n) is 3.72. The number of rotatable bonds is 2. The molecule has 1 saturated heterocycles. The van der Waals surface area contributed by atoms with Gasteiger partial charge >= 0.3 is 0 Å². The summed E-state index contributed by atoms with van der Waals surface area (Å²) in [6.07, 6.45) is 2.87. The van der Waals surface area contributed by atoms with Gasteiger partial charge in [0.05, 0.1) is 11.4 Å². The Morgan fingerprint density at radius 1 is 1.11 bits per heavy atom. The van der Waals surface area contributed by atoms with Gasteiger partial charge in [-0.1, -0.05) is 30.3 Å². The zero-order chi connectivity index (χ0) is 12.7. The van der Waals surface area contributed by atoms with Crippen LogP contribution in [0.4, 0.5) is 5.82 Å². The highest BCUT2D eigenvalue weighted by Crippen LogP contribution is 2.39. The third kappa shape index (κ3) is 1.71.